The van der Waals surface area contributed by atoms with Crippen molar-refractivity contribution in [1.29, 1.82) is 0 Å². The molecule has 2 atom stereocenters. The molecule has 0 bridgehead atoms. The monoisotopic (exact) mass is 265 g/mol. The van der Waals surface area contributed by atoms with Gasteiger partial charge in [-0.15, -0.1) is 0 Å². The summed E-state index contributed by atoms with van der Waals surface area (Å²) in [5.41, 5.74) is 2.61. The second-order valence-electron chi connectivity index (χ2n) is 4.77. The van der Waals surface area contributed by atoms with Crippen molar-refractivity contribution in [3.05, 3.63) is 35.4 Å². The molecule has 0 aliphatic rings. The maximum absolute atomic E-state index is 5.88. The van der Waals surface area contributed by atoms with Crippen LogP contribution in [0.15, 0.2) is 24.3 Å². The van der Waals surface area contributed by atoms with Crippen LogP contribution in [0.3, 0.4) is 0 Å². The van der Waals surface area contributed by atoms with Crippen LogP contribution in [0.1, 0.15) is 37.9 Å². The van der Waals surface area contributed by atoms with Crippen LogP contribution >= 0.6 is 0 Å². The minimum Gasteiger partial charge on any atom is -0.379 e. The van der Waals surface area contributed by atoms with Crippen molar-refractivity contribution in [2.24, 2.45) is 0 Å². The van der Waals surface area contributed by atoms with E-state index in [-0.39, 0.29) is 12.1 Å². The zero-order valence-corrected chi connectivity index (χ0v) is 12.6. The van der Waals surface area contributed by atoms with Crippen molar-refractivity contribution in [2.75, 3.05) is 26.4 Å². The molecule has 1 aromatic rings. The summed E-state index contributed by atoms with van der Waals surface area (Å²) in [7, 11) is 0. The highest BCUT2D eigenvalue weighted by atomic mass is 16.5. The Morgan fingerprint density at radius 3 is 2.53 bits per heavy atom. The summed E-state index contributed by atoms with van der Waals surface area (Å²) >= 11 is 0. The fraction of sp³-hybridized carbons (Fsp3) is 0.625. The van der Waals surface area contributed by atoms with E-state index in [1.165, 1.54) is 11.1 Å². The Balaban J connectivity index is 2.56. The molecular weight excluding hydrogens is 238 g/mol. The van der Waals surface area contributed by atoms with E-state index in [9.17, 15) is 0 Å². The summed E-state index contributed by atoms with van der Waals surface area (Å²) in [6.07, 6.45) is 0.130. The van der Waals surface area contributed by atoms with Gasteiger partial charge in [0.2, 0.25) is 0 Å². The van der Waals surface area contributed by atoms with E-state index in [1.54, 1.807) is 0 Å². The summed E-state index contributed by atoms with van der Waals surface area (Å²) < 4.78 is 11.3. The molecule has 0 aliphatic heterocycles. The second-order valence-corrected chi connectivity index (χ2v) is 4.77. The highest BCUT2D eigenvalue weighted by molar-refractivity contribution is 5.28. The lowest BCUT2D eigenvalue weighted by Crippen LogP contribution is -2.29. The summed E-state index contributed by atoms with van der Waals surface area (Å²) in [6, 6.07) is 8.70. The number of likely N-dealkylation sites (N-methyl/N-ethyl adjacent to an activating group) is 1. The van der Waals surface area contributed by atoms with Gasteiger partial charge in [0.25, 0.3) is 0 Å². The van der Waals surface area contributed by atoms with Crippen LogP contribution in [-0.2, 0) is 9.47 Å². The number of nitrogens with one attached hydrogen (secondary N) is 1. The van der Waals surface area contributed by atoms with Gasteiger partial charge in [0.1, 0.15) is 0 Å². The van der Waals surface area contributed by atoms with Crippen LogP contribution < -0.4 is 5.32 Å². The SMILES string of the molecule is CCNC(COC(C)COCC)c1ccccc1C. The van der Waals surface area contributed by atoms with Gasteiger partial charge in [-0.1, -0.05) is 31.2 Å². The van der Waals surface area contributed by atoms with Gasteiger partial charge < -0.3 is 14.8 Å². The van der Waals surface area contributed by atoms with Crippen molar-refractivity contribution in [1.82, 2.24) is 5.32 Å². The summed E-state index contributed by atoms with van der Waals surface area (Å²) in [6.45, 7) is 11.3. The van der Waals surface area contributed by atoms with E-state index < -0.39 is 0 Å². The summed E-state index contributed by atoms with van der Waals surface area (Å²) in [4.78, 5) is 0. The third-order valence-corrected chi connectivity index (χ3v) is 3.12. The molecule has 0 spiro atoms. The number of benzene rings is 1. The highest BCUT2D eigenvalue weighted by Gasteiger charge is 2.14. The highest BCUT2D eigenvalue weighted by Crippen LogP contribution is 2.18. The lowest BCUT2D eigenvalue weighted by atomic mass is 10.0. The van der Waals surface area contributed by atoms with Crippen LogP contribution in [0, 0.1) is 6.92 Å². The fourth-order valence-corrected chi connectivity index (χ4v) is 2.08. The van der Waals surface area contributed by atoms with E-state index in [4.69, 9.17) is 9.47 Å². The number of rotatable bonds is 9. The Morgan fingerprint density at radius 2 is 1.89 bits per heavy atom. The molecule has 2 unspecified atom stereocenters. The maximum Gasteiger partial charge on any atom is 0.0781 e. The molecular formula is C16H27NO2. The molecule has 1 rings (SSSR count). The van der Waals surface area contributed by atoms with Crippen LogP contribution in [0.5, 0.6) is 0 Å². The standard InChI is InChI=1S/C16H27NO2/c1-5-17-16(12-19-14(4)11-18-6-2)15-10-8-7-9-13(15)3/h7-10,14,16-17H,5-6,11-12H2,1-4H3. The van der Waals surface area contributed by atoms with Crippen LogP contribution in [0.4, 0.5) is 0 Å². The fourth-order valence-electron chi connectivity index (χ4n) is 2.08. The molecule has 0 saturated carbocycles. The Kier molecular flexibility index (Phi) is 7.72. The van der Waals surface area contributed by atoms with Crippen molar-refractivity contribution < 1.29 is 9.47 Å². The predicted molar refractivity (Wildman–Crippen MR) is 79.5 cm³/mol. The number of ether oxygens (including phenoxy) is 2. The normalized spacial score (nSPS) is 14.3. The largest absolute Gasteiger partial charge is 0.379 e. The Bertz CT molecular complexity index is 354. The smallest absolute Gasteiger partial charge is 0.0781 e. The molecule has 0 heterocycles. The quantitative estimate of drug-likeness (QED) is 0.744. The van der Waals surface area contributed by atoms with Gasteiger partial charge in [0.05, 0.1) is 25.4 Å². The average Bonchev–Trinajstić information content (AvgIpc) is 2.42. The predicted octanol–water partition coefficient (Wildman–Crippen LogP) is 3.09. The second kappa shape index (κ2) is 9.08. The number of hydrogen-bond acceptors (Lipinski definition) is 3. The number of hydrogen-bond donors (Lipinski definition) is 1. The van der Waals surface area contributed by atoms with E-state index in [1.807, 2.05) is 6.92 Å². The van der Waals surface area contributed by atoms with Crippen molar-refractivity contribution in [2.45, 2.75) is 39.8 Å². The average molecular weight is 265 g/mol. The van der Waals surface area contributed by atoms with Crippen LogP contribution in [0.25, 0.3) is 0 Å². The topological polar surface area (TPSA) is 30.5 Å². The summed E-state index contributed by atoms with van der Waals surface area (Å²) in [5, 5.41) is 3.49. The first-order valence-electron chi connectivity index (χ1n) is 7.17. The third-order valence-electron chi connectivity index (χ3n) is 3.12. The van der Waals surface area contributed by atoms with E-state index in [0.29, 0.717) is 13.2 Å². The maximum atomic E-state index is 5.88. The Hall–Kier alpha value is -0.900. The van der Waals surface area contributed by atoms with Crippen LogP contribution in [0.2, 0.25) is 0 Å². The van der Waals surface area contributed by atoms with Gasteiger partial charge in [-0.2, -0.15) is 0 Å². The number of aryl methyl sites for hydroxylation is 1. The molecule has 0 fully saturated rings. The molecule has 3 heteroatoms. The lowest BCUT2D eigenvalue weighted by molar-refractivity contribution is -0.0115. The molecule has 1 N–H and O–H groups in total. The molecule has 0 saturated heterocycles. The van der Waals surface area contributed by atoms with Crippen LogP contribution in [-0.4, -0.2) is 32.5 Å². The minimum atomic E-state index is 0.130. The zero-order valence-electron chi connectivity index (χ0n) is 12.6. The van der Waals surface area contributed by atoms with Gasteiger partial charge in [0, 0.05) is 6.61 Å². The Morgan fingerprint density at radius 1 is 1.16 bits per heavy atom. The first-order valence-corrected chi connectivity index (χ1v) is 7.17. The molecule has 0 aliphatic carbocycles. The molecule has 0 amide bonds. The van der Waals surface area contributed by atoms with Gasteiger partial charge in [-0.25, -0.2) is 0 Å². The van der Waals surface area contributed by atoms with E-state index in [2.05, 4.69) is 50.4 Å². The zero-order chi connectivity index (χ0) is 14.1. The van der Waals surface area contributed by atoms with Crippen molar-refractivity contribution >= 4 is 0 Å². The Labute approximate surface area is 117 Å². The molecule has 0 aromatic heterocycles. The van der Waals surface area contributed by atoms with Gasteiger partial charge in [0.15, 0.2) is 0 Å². The molecule has 3 nitrogen and oxygen atoms in total. The first kappa shape index (κ1) is 16.2. The van der Waals surface area contributed by atoms with Gasteiger partial charge in [-0.3, -0.25) is 0 Å². The molecule has 0 radical (unpaired) electrons. The molecule has 1 aromatic carbocycles. The third kappa shape index (κ3) is 5.72. The van der Waals surface area contributed by atoms with Gasteiger partial charge >= 0.3 is 0 Å². The van der Waals surface area contributed by atoms with E-state index >= 15 is 0 Å². The van der Waals surface area contributed by atoms with Crippen molar-refractivity contribution in [3.63, 3.8) is 0 Å². The van der Waals surface area contributed by atoms with Crippen molar-refractivity contribution in [3.8, 4) is 0 Å². The first-order chi connectivity index (χ1) is 9.19. The molecule has 108 valence electrons. The lowest BCUT2D eigenvalue weighted by Gasteiger charge is -2.22. The molecule has 19 heavy (non-hydrogen) atoms. The minimum absolute atomic E-state index is 0.130. The van der Waals surface area contributed by atoms with E-state index in [0.717, 1.165) is 13.2 Å². The van der Waals surface area contributed by atoms with Gasteiger partial charge in [-0.05, 0) is 38.4 Å². The summed E-state index contributed by atoms with van der Waals surface area (Å²) in [5.74, 6) is 0.